The Balaban J connectivity index is 1.50. The summed E-state index contributed by atoms with van der Waals surface area (Å²) in [4.78, 5) is 14.4. The number of benzene rings is 1. The van der Waals surface area contributed by atoms with Crippen LogP contribution in [-0.2, 0) is 6.54 Å². The molecule has 1 aromatic carbocycles. The van der Waals surface area contributed by atoms with Crippen molar-refractivity contribution >= 4 is 34.9 Å². The average molecular weight is 411 g/mol. The molecular weight excluding hydrogens is 380 g/mol. The van der Waals surface area contributed by atoms with E-state index < -0.39 is 0 Å². The van der Waals surface area contributed by atoms with Gasteiger partial charge in [-0.3, -0.25) is 0 Å². The van der Waals surface area contributed by atoms with E-state index in [1.807, 2.05) is 18.2 Å². The first-order valence-electron chi connectivity index (χ1n) is 10.7. The Labute approximate surface area is 178 Å². The first-order chi connectivity index (χ1) is 14.2. The number of nitrogens with zero attached hydrogens (tertiary/aromatic N) is 4. The van der Waals surface area contributed by atoms with E-state index in [9.17, 15) is 0 Å². The summed E-state index contributed by atoms with van der Waals surface area (Å²) in [5.74, 6) is 2.58. The molecule has 2 fully saturated rings. The van der Waals surface area contributed by atoms with Crippen LogP contribution in [0, 0.1) is 0 Å². The van der Waals surface area contributed by atoms with Crippen LogP contribution in [0.5, 0.6) is 0 Å². The summed E-state index contributed by atoms with van der Waals surface area (Å²) in [5.41, 5.74) is 1.19. The Morgan fingerprint density at radius 1 is 1.03 bits per heavy atom. The Morgan fingerprint density at radius 2 is 1.76 bits per heavy atom. The van der Waals surface area contributed by atoms with Crippen molar-refractivity contribution in [3.63, 3.8) is 0 Å². The lowest BCUT2D eigenvalue weighted by Crippen LogP contribution is -2.38. The predicted molar refractivity (Wildman–Crippen MR) is 124 cm³/mol. The fourth-order valence-corrected chi connectivity index (χ4v) is 4.26. The standard InChI is InChI=1S/C22H30N6S/c1-17-9-5-6-14-28(17)20-15-19(27-12-7-8-13-27)24-21(25-20)26-22(29)23-16-18-10-3-2-4-11-18/h2-4,10-11,15,17H,5-9,12-14,16H2,1H3,(H2,23,24,25,26,29)/t17-/m1/s1. The van der Waals surface area contributed by atoms with Crippen molar-refractivity contribution in [2.75, 3.05) is 34.8 Å². The summed E-state index contributed by atoms with van der Waals surface area (Å²) < 4.78 is 0. The van der Waals surface area contributed by atoms with Crippen molar-refractivity contribution < 1.29 is 0 Å². The van der Waals surface area contributed by atoms with Crippen LogP contribution in [-0.4, -0.2) is 40.8 Å². The third-order valence-corrected chi connectivity index (χ3v) is 5.99. The molecule has 7 heteroatoms. The summed E-state index contributed by atoms with van der Waals surface area (Å²) in [7, 11) is 0. The third kappa shape index (κ3) is 5.15. The highest BCUT2D eigenvalue weighted by Crippen LogP contribution is 2.28. The first kappa shape index (κ1) is 19.9. The smallest absolute Gasteiger partial charge is 0.232 e. The maximum absolute atomic E-state index is 5.51. The number of piperidine rings is 1. The number of thiocarbonyl (C=S) groups is 1. The van der Waals surface area contributed by atoms with Gasteiger partial charge < -0.3 is 20.4 Å². The number of hydrogen-bond donors (Lipinski definition) is 2. The van der Waals surface area contributed by atoms with Crippen LogP contribution >= 0.6 is 12.2 Å². The van der Waals surface area contributed by atoms with E-state index in [1.54, 1.807) is 0 Å². The molecule has 0 spiro atoms. The normalized spacial score (nSPS) is 19.3. The van der Waals surface area contributed by atoms with E-state index in [4.69, 9.17) is 22.2 Å². The molecule has 0 saturated carbocycles. The molecule has 6 nitrogen and oxygen atoms in total. The average Bonchev–Trinajstić information content (AvgIpc) is 3.28. The highest BCUT2D eigenvalue weighted by Gasteiger charge is 2.23. The van der Waals surface area contributed by atoms with E-state index in [-0.39, 0.29) is 0 Å². The summed E-state index contributed by atoms with van der Waals surface area (Å²) in [6.07, 6.45) is 6.16. The second-order valence-electron chi connectivity index (χ2n) is 7.93. The van der Waals surface area contributed by atoms with E-state index in [0.717, 1.165) is 31.3 Å². The summed E-state index contributed by atoms with van der Waals surface area (Å²) in [6, 6.07) is 12.9. The van der Waals surface area contributed by atoms with Crippen molar-refractivity contribution in [1.82, 2.24) is 15.3 Å². The lowest BCUT2D eigenvalue weighted by atomic mass is 10.0. The zero-order chi connectivity index (χ0) is 20.1. The van der Waals surface area contributed by atoms with E-state index >= 15 is 0 Å². The van der Waals surface area contributed by atoms with Crippen molar-refractivity contribution in [1.29, 1.82) is 0 Å². The van der Waals surface area contributed by atoms with Gasteiger partial charge >= 0.3 is 0 Å². The Hall–Kier alpha value is -2.41. The van der Waals surface area contributed by atoms with Crippen LogP contribution in [0.15, 0.2) is 36.4 Å². The van der Waals surface area contributed by atoms with Crippen LogP contribution in [0.1, 0.15) is 44.6 Å². The molecule has 0 amide bonds. The highest BCUT2D eigenvalue weighted by molar-refractivity contribution is 7.80. The van der Waals surface area contributed by atoms with Gasteiger partial charge in [-0.05, 0) is 56.8 Å². The number of nitrogens with one attached hydrogen (secondary N) is 2. The zero-order valence-electron chi connectivity index (χ0n) is 17.1. The van der Waals surface area contributed by atoms with Gasteiger partial charge in [0.1, 0.15) is 11.6 Å². The Kier molecular flexibility index (Phi) is 6.44. The molecule has 29 heavy (non-hydrogen) atoms. The third-order valence-electron chi connectivity index (χ3n) is 5.75. The second kappa shape index (κ2) is 9.39. The first-order valence-corrected chi connectivity index (χ1v) is 11.1. The van der Waals surface area contributed by atoms with Gasteiger partial charge in [-0.2, -0.15) is 9.97 Å². The molecule has 2 saturated heterocycles. The summed E-state index contributed by atoms with van der Waals surface area (Å²) in [6.45, 7) is 6.13. The van der Waals surface area contributed by atoms with Gasteiger partial charge in [0.2, 0.25) is 5.95 Å². The van der Waals surface area contributed by atoms with Gasteiger partial charge in [-0.15, -0.1) is 0 Å². The lowest BCUT2D eigenvalue weighted by molar-refractivity contribution is 0.481. The maximum atomic E-state index is 5.51. The predicted octanol–water partition coefficient (Wildman–Crippen LogP) is 3.94. The quantitative estimate of drug-likeness (QED) is 0.724. The number of anilines is 3. The minimum Gasteiger partial charge on any atom is -0.358 e. The fourth-order valence-electron chi connectivity index (χ4n) is 4.10. The Bertz CT molecular complexity index is 821. The van der Waals surface area contributed by atoms with Gasteiger partial charge in [0.05, 0.1) is 0 Å². The molecule has 0 unspecified atom stereocenters. The molecule has 4 rings (SSSR count). The molecule has 0 aliphatic carbocycles. The number of aromatic nitrogens is 2. The molecule has 3 heterocycles. The molecule has 1 aromatic heterocycles. The molecule has 0 radical (unpaired) electrons. The van der Waals surface area contributed by atoms with E-state index in [1.165, 1.54) is 37.7 Å². The van der Waals surface area contributed by atoms with Crippen molar-refractivity contribution in [3.8, 4) is 0 Å². The fraction of sp³-hybridized carbons (Fsp3) is 0.500. The molecule has 2 N–H and O–H groups in total. The monoisotopic (exact) mass is 410 g/mol. The van der Waals surface area contributed by atoms with Crippen molar-refractivity contribution in [2.45, 2.75) is 51.6 Å². The molecule has 1 atom stereocenters. The van der Waals surface area contributed by atoms with Gasteiger partial charge in [-0.1, -0.05) is 30.3 Å². The van der Waals surface area contributed by atoms with E-state index in [0.29, 0.717) is 23.6 Å². The largest absolute Gasteiger partial charge is 0.358 e. The molecule has 0 bridgehead atoms. The Morgan fingerprint density at radius 3 is 2.52 bits per heavy atom. The summed E-state index contributed by atoms with van der Waals surface area (Å²) >= 11 is 5.51. The van der Waals surface area contributed by atoms with Crippen LogP contribution in [0.2, 0.25) is 0 Å². The van der Waals surface area contributed by atoms with Crippen LogP contribution in [0.4, 0.5) is 17.6 Å². The molecule has 154 valence electrons. The van der Waals surface area contributed by atoms with Gasteiger partial charge in [-0.25, -0.2) is 0 Å². The van der Waals surface area contributed by atoms with Gasteiger partial charge in [0.15, 0.2) is 5.11 Å². The van der Waals surface area contributed by atoms with Crippen LogP contribution < -0.4 is 20.4 Å². The van der Waals surface area contributed by atoms with Crippen molar-refractivity contribution in [3.05, 3.63) is 42.0 Å². The van der Waals surface area contributed by atoms with E-state index in [2.05, 4.69) is 45.6 Å². The lowest BCUT2D eigenvalue weighted by Gasteiger charge is -2.35. The van der Waals surface area contributed by atoms with Gasteiger partial charge in [0.25, 0.3) is 0 Å². The zero-order valence-corrected chi connectivity index (χ0v) is 17.9. The molecule has 2 aromatic rings. The maximum Gasteiger partial charge on any atom is 0.232 e. The van der Waals surface area contributed by atoms with Crippen LogP contribution in [0.3, 0.4) is 0 Å². The second-order valence-corrected chi connectivity index (χ2v) is 8.34. The summed E-state index contributed by atoms with van der Waals surface area (Å²) in [5, 5.41) is 7.02. The number of hydrogen-bond acceptors (Lipinski definition) is 5. The van der Waals surface area contributed by atoms with Crippen LogP contribution in [0.25, 0.3) is 0 Å². The SMILES string of the molecule is C[C@@H]1CCCCN1c1cc(N2CCCC2)nc(NC(=S)NCc2ccccc2)n1. The topological polar surface area (TPSA) is 56.3 Å². The minimum atomic E-state index is 0.501. The molecular formula is C22H30N6S. The van der Waals surface area contributed by atoms with Gasteiger partial charge in [0, 0.05) is 38.3 Å². The number of rotatable bonds is 5. The van der Waals surface area contributed by atoms with Crippen molar-refractivity contribution in [2.24, 2.45) is 0 Å². The molecule has 2 aliphatic heterocycles. The molecule has 2 aliphatic rings. The minimum absolute atomic E-state index is 0.501. The highest BCUT2D eigenvalue weighted by atomic mass is 32.1.